The number of amides is 1. The summed E-state index contributed by atoms with van der Waals surface area (Å²) in [4.78, 5) is 13.2. The van der Waals surface area contributed by atoms with Crippen molar-refractivity contribution in [1.29, 1.82) is 0 Å². The predicted octanol–water partition coefficient (Wildman–Crippen LogP) is 3.62. The van der Waals surface area contributed by atoms with Gasteiger partial charge in [-0.2, -0.15) is 0 Å². The van der Waals surface area contributed by atoms with Gasteiger partial charge in [0.05, 0.1) is 10.4 Å². The molecule has 4 nitrogen and oxygen atoms in total. The number of halogens is 1. The summed E-state index contributed by atoms with van der Waals surface area (Å²) >= 11 is 7.36. The van der Waals surface area contributed by atoms with Gasteiger partial charge in [0.1, 0.15) is 0 Å². The molecule has 1 aromatic carbocycles. The zero-order valence-electron chi connectivity index (χ0n) is 10.7. The number of benzene rings is 1. The van der Waals surface area contributed by atoms with Crippen LogP contribution < -0.4 is 14.8 Å². The maximum Gasteiger partial charge on any atom is 0.251 e. The lowest BCUT2D eigenvalue weighted by molar-refractivity contribution is 0.0940. The number of fused-ring (bicyclic) bond motifs is 1. The van der Waals surface area contributed by atoms with Gasteiger partial charge in [-0.3, -0.25) is 4.79 Å². The summed E-state index contributed by atoms with van der Waals surface area (Å²) in [6.07, 6.45) is 0. The van der Waals surface area contributed by atoms with Crippen molar-refractivity contribution in [1.82, 2.24) is 5.32 Å². The van der Waals surface area contributed by atoms with Gasteiger partial charge in [-0.05, 0) is 37.3 Å². The SMILES string of the molecule is C[C@@H](NC(=O)c1ccc2c(c1)OCO2)c1ccc(Cl)s1. The second-order valence-corrected chi connectivity index (χ2v) is 6.15. The summed E-state index contributed by atoms with van der Waals surface area (Å²) in [5.41, 5.74) is 0.545. The first kappa shape index (κ1) is 13.3. The van der Waals surface area contributed by atoms with E-state index < -0.39 is 0 Å². The van der Waals surface area contributed by atoms with Crippen molar-refractivity contribution in [2.24, 2.45) is 0 Å². The van der Waals surface area contributed by atoms with Gasteiger partial charge in [0, 0.05) is 10.4 Å². The molecule has 1 aliphatic heterocycles. The first-order chi connectivity index (χ1) is 9.63. The second kappa shape index (κ2) is 5.34. The fourth-order valence-corrected chi connectivity index (χ4v) is 3.01. The Labute approximate surface area is 125 Å². The van der Waals surface area contributed by atoms with Crippen LogP contribution in [0.2, 0.25) is 4.34 Å². The van der Waals surface area contributed by atoms with E-state index in [1.54, 1.807) is 18.2 Å². The first-order valence-corrected chi connectivity index (χ1v) is 7.28. The van der Waals surface area contributed by atoms with Crippen LogP contribution in [0.1, 0.15) is 28.2 Å². The fourth-order valence-electron chi connectivity index (χ4n) is 1.95. The van der Waals surface area contributed by atoms with E-state index in [1.807, 2.05) is 19.1 Å². The molecule has 3 rings (SSSR count). The van der Waals surface area contributed by atoms with Crippen LogP contribution in [0.3, 0.4) is 0 Å². The Bertz CT molecular complexity index is 656. The summed E-state index contributed by atoms with van der Waals surface area (Å²) in [7, 11) is 0. The van der Waals surface area contributed by atoms with Gasteiger partial charge < -0.3 is 14.8 Å². The highest BCUT2D eigenvalue weighted by Gasteiger charge is 2.18. The van der Waals surface area contributed by atoms with Crippen molar-refractivity contribution in [3.05, 3.63) is 45.1 Å². The number of carbonyl (C=O) groups excluding carboxylic acids is 1. The standard InChI is InChI=1S/C14H12ClNO3S/c1-8(12-4-5-13(15)20-12)16-14(17)9-2-3-10-11(6-9)19-7-18-10/h2-6,8H,7H2,1H3,(H,16,17)/t8-/m1/s1. The molecule has 0 aliphatic carbocycles. The van der Waals surface area contributed by atoms with Crippen LogP contribution in [0.15, 0.2) is 30.3 Å². The molecule has 0 unspecified atom stereocenters. The average molecular weight is 310 g/mol. The van der Waals surface area contributed by atoms with Gasteiger partial charge in [0.2, 0.25) is 6.79 Å². The average Bonchev–Trinajstić information content (AvgIpc) is 3.05. The number of hydrogen-bond acceptors (Lipinski definition) is 4. The monoisotopic (exact) mass is 309 g/mol. The minimum atomic E-state index is -0.152. The summed E-state index contributed by atoms with van der Waals surface area (Å²) in [6.45, 7) is 2.12. The third-order valence-corrected chi connectivity index (χ3v) is 4.42. The van der Waals surface area contributed by atoms with Gasteiger partial charge in [-0.15, -0.1) is 11.3 Å². The highest BCUT2D eigenvalue weighted by molar-refractivity contribution is 7.16. The Balaban J connectivity index is 1.73. The van der Waals surface area contributed by atoms with Crippen molar-refractivity contribution in [3.63, 3.8) is 0 Å². The van der Waals surface area contributed by atoms with Gasteiger partial charge in [0.25, 0.3) is 5.91 Å². The molecule has 0 radical (unpaired) electrons. The van der Waals surface area contributed by atoms with Crippen LogP contribution in [0, 0.1) is 0 Å². The van der Waals surface area contributed by atoms with E-state index in [4.69, 9.17) is 21.1 Å². The van der Waals surface area contributed by atoms with E-state index in [0.29, 0.717) is 21.4 Å². The van der Waals surface area contributed by atoms with Crippen LogP contribution in [0.4, 0.5) is 0 Å². The van der Waals surface area contributed by atoms with Crippen LogP contribution in [-0.4, -0.2) is 12.7 Å². The third kappa shape index (κ3) is 2.59. The Hall–Kier alpha value is -1.72. The van der Waals surface area contributed by atoms with Gasteiger partial charge in [-0.1, -0.05) is 11.6 Å². The van der Waals surface area contributed by atoms with Crippen LogP contribution in [-0.2, 0) is 0 Å². The molecular formula is C14H12ClNO3S. The van der Waals surface area contributed by atoms with Crippen LogP contribution >= 0.6 is 22.9 Å². The largest absolute Gasteiger partial charge is 0.454 e. The van der Waals surface area contributed by atoms with E-state index in [-0.39, 0.29) is 18.7 Å². The zero-order valence-corrected chi connectivity index (χ0v) is 12.3. The van der Waals surface area contributed by atoms with Crippen molar-refractivity contribution >= 4 is 28.8 Å². The Morgan fingerprint density at radius 2 is 2.10 bits per heavy atom. The van der Waals surface area contributed by atoms with Gasteiger partial charge >= 0.3 is 0 Å². The molecule has 0 fully saturated rings. The number of ether oxygens (including phenoxy) is 2. The maximum absolute atomic E-state index is 12.2. The van der Waals surface area contributed by atoms with E-state index in [0.717, 1.165) is 4.88 Å². The second-order valence-electron chi connectivity index (χ2n) is 4.41. The summed E-state index contributed by atoms with van der Waals surface area (Å²) in [5, 5.41) is 2.93. The zero-order chi connectivity index (χ0) is 14.1. The molecule has 0 bridgehead atoms. The van der Waals surface area contributed by atoms with E-state index in [9.17, 15) is 4.79 Å². The molecule has 6 heteroatoms. The molecular weight excluding hydrogens is 298 g/mol. The minimum Gasteiger partial charge on any atom is -0.454 e. The first-order valence-electron chi connectivity index (χ1n) is 6.09. The Kier molecular flexibility index (Phi) is 3.54. The number of rotatable bonds is 3. The van der Waals surface area contributed by atoms with E-state index in [1.165, 1.54) is 11.3 Å². The molecule has 1 N–H and O–H groups in total. The number of hydrogen-bond donors (Lipinski definition) is 1. The predicted molar refractivity (Wildman–Crippen MR) is 77.8 cm³/mol. The number of thiophene rings is 1. The number of nitrogens with one attached hydrogen (secondary N) is 1. The molecule has 1 aromatic heterocycles. The quantitative estimate of drug-likeness (QED) is 0.942. The molecule has 2 aromatic rings. The summed E-state index contributed by atoms with van der Waals surface area (Å²) in [6, 6.07) is 8.79. The highest BCUT2D eigenvalue weighted by atomic mass is 35.5. The minimum absolute atomic E-state index is 0.0922. The Morgan fingerprint density at radius 3 is 2.85 bits per heavy atom. The van der Waals surface area contributed by atoms with E-state index >= 15 is 0 Å². The molecule has 20 heavy (non-hydrogen) atoms. The van der Waals surface area contributed by atoms with Crippen molar-refractivity contribution < 1.29 is 14.3 Å². The van der Waals surface area contributed by atoms with Crippen LogP contribution in [0.5, 0.6) is 11.5 Å². The van der Waals surface area contributed by atoms with Crippen molar-refractivity contribution in [2.75, 3.05) is 6.79 Å². The molecule has 104 valence electrons. The molecule has 1 aliphatic rings. The maximum atomic E-state index is 12.2. The molecule has 0 saturated heterocycles. The smallest absolute Gasteiger partial charge is 0.251 e. The molecule has 0 saturated carbocycles. The fraction of sp³-hybridized carbons (Fsp3) is 0.214. The van der Waals surface area contributed by atoms with Crippen molar-refractivity contribution in [3.8, 4) is 11.5 Å². The lowest BCUT2D eigenvalue weighted by atomic mass is 10.1. The highest BCUT2D eigenvalue weighted by Crippen LogP contribution is 2.33. The summed E-state index contributed by atoms with van der Waals surface area (Å²) in [5.74, 6) is 1.12. The third-order valence-electron chi connectivity index (χ3n) is 3.00. The Morgan fingerprint density at radius 1 is 1.30 bits per heavy atom. The molecule has 0 spiro atoms. The topological polar surface area (TPSA) is 47.6 Å². The molecule has 2 heterocycles. The molecule has 1 amide bonds. The lowest BCUT2D eigenvalue weighted by Crippen LogP contribution is -2.26. The molecule has 1 atom stereocenters. The van der Waals surface area contributed by atoms with Crippen LogP contribution in [0.25, 0.3) is 0 Å². The lowest BCUT2D eigenvalue weighted by Gasteiger charge is -2.12. The van der Waals surface area contributed by atoms with Gasteiger partial charge in [-0.25, -0.2) is 0 Å². The van der Waals surface area contributed by atoms with E-state index in [2.05, 4.69) is 5.32 Å². The summed E-state index contributed by atoms with van der Waals surface area (Å²) < 4.78 is 11.2. The van der Waals surface area contributed by atoms with Gasteiger partial charge in [0.15, 0.2) is 11.5 Å². The number of carbonyl (C=O) groups is 1. The van der Waals surface area contributed by atoms with Crippen molar-refractivity contribution in [2.45, 2.75) is 13.0 Å². The normalized spacial score (nSPS) is 14.1.